The van der Waals surface area contributed by atoms with Gasteiger partial charge in [0.25, 0.3) is 7.82 Å². The number of carbonyl (C=O) groups excluding carboxylic acids is 1. The number of hydrogen-bond acceptors (Lipinski definition) is 4. The molecular weight excluding hydrogens is 170 g/mol. The molecule has 0 aliphatic rings. The predicted octanol–water partition coefficient (Wildman–Crippen LogP) is -3.94. The van der Waals surface area contributed by atoms with Crippen molar-refractivity contribution < 1.29 is 53.2 Å². The second-order valence-electron chi connectivity index (χ2n) is 1.26. The van der Waals surface area contributed by atoms with Crippen LogP contribution in [-0.2, 0) is 13.9 Å². The monoisotopic (exact) mass is 176 g/mol. The number of hydrogen-bond donors (Lipinski definition) is 1. The van der Waals surface area contributed by atoms with Crippen molar-refractivity contribution in [2.75, 3.05) is 6.61 Å². The van der Waals surface area contributed by atoms with E-state index in [1.54, 1.807) is 0 Å². The Balaban J connectivity index is 0. The first-order valence-corrected chi connectivity index (χ1v) is 3.68. The van der Waals surface area contributed by atoms with Crippen LogP contribution in [0.3, 0.4) is 0 Å². The molecule has 0 aliphatic heterocycles. The van der Waals surface area contributed by atoms with E-state index < -0.39 is 7.82 Å². The quantitative estimate of drug-likeness (QED) is 0.204. The second kappa shape index (κ2) is 6.49. The normalized spacial score (nSPS) is 15.0. The smallest absolute Gasteiger partial charge is 0.756 e. The van der Waals surface area contributed by atoms with Crippen LogP contribution in [0.15, 0.2) is 0 Å². The molecule has 0 aliphatic carbocycles. The van der Waals surface area contributed by atoms with Crippen LogP contribution in [0.5, 0.6) is 0 Å². The minimum Gasteiger partial charge on any atom is -0.756 e. The van der Waals surface area contributed by atoms with Crippen molar-refractivity contribution in [1.29, 1.82) is 0 Å². The van der Waals surface area contributed by atoms with Gasteiger partial charge in [-0.3, -0.25) is 4.57 Å². The molecule has 1 N–H and O–H groups in total. The maximum Gasteiger partial charge on any atom is 1.00 e. The van der Waals surface area contributed by atoms with Gasteiger partial charge in [0.05, 0.1) is 6.61 Å². The molecule has 0 radical (unpaired) electrons. The van der Waals surface area contributed by atoms with Gasteiger partial charge in [0.15, 0.2) is 0 Å². The van der Waals surface area contributed by atoms with Gasteiger partial charge in [0.1, 0.15) is 6.29 Å². The molecule has 0 saturated carbocycles. The van der Waals surface area contributed by atoms with Crippen molar-refractivity contribution in [3.05, 3.63) is 0 Å². The molecule has 7 heteroatoms. The summed E-state index contributed by atoms with van der Waals surface area (Å²) in [7, 11) is -4.60. The molecule has 10 heavy (non-hydrogen) atoms. The first-order chi connectivity index (χ1) is 4.06. The summed E-state index contributed by atoms with van der Waals surface area (Å²) in [5, 5.41) is 0. The molecule has 0 amide bonds. The Labute approximate surface area is 80.3 Å². The Hall–Kier alpha value is 0.780. The van der Waals surface area contributed by atoms with Crippen LogP contribution in [0, 0.1) is 0 Å². The van der Waals surface area contributed by atoms with Gasteiger partial charge in [-0.25, -0.2) is 0 Å². The van der Waals surface area contributed by atoms with Crippen LogP contribution in [0.4, 0.5) is 0 Å². The fraction of sp³-hybridized carbons (Fsp3) is 0.667. The average Bonchev–Trinajstić information content (AvgIpc) is 1.63. The molecule has 1 atom stereocenters. The first-order valence-electron chi connectivity index (χ1n) is 2.18. The number of aldehydes is 1. The second-order valence-corrected chi connectivity index (χ2v) is 2.45. The van der Waals surface area contributed by atoms with Crippen LogP contribution in [0.2, 0.25) is 0 Å². The zero-order valence-corrected chi connectivity index (χ0v) is 8.41. The number of phosphoric acid groups is 1. The van der Waals surface area contributed by atoms with E-state index in [-0.39, 0.29) is 42.6 Å². The zero-order valence-electron chi connectivity index (χ0n) is 5.52. The molecule has 0 aromatic heterocycles. The molecule has 0 fully saturated rings. The Morgan fingerprint density at radius 1 is 1.70 bits per heavy atom. The summed E-state index contributed by atoms with van der Waals surface area (Å²) in [5.74, 6) is 0. The zero-order chi connectivity index (χ0) is 7.33. The Morgan fingerprint density at radius 3 is 2.50 bits per heavy atom. The van der Waals surface area contributed by atoms with Crippen molar-refractivity contribution in [3.8, 4) is 0 Å². The predicted molar refractivity (Wildman–Crippen MR) is 26.5 cm³/mol. The fourth-order valence-corrected chi connectivity index (χ4v) is 0.552. The Morgan fingerprint density at radius 2 is 2.20 bits per heavy atom. The fourth-order valence-electron chi connectivity index (χ4n) is 0.216. The minimum absolute atomic E-state index is 0. The van der Waals surface area contributed by atoms with E-state index in [0.717, 1.165) is 0 Å². The molecule has 0 saturated heterocycles. The van der Waals surface area contributed by atoms with Crippen molar-refractivity contribution in [2.45, 2.75) is 6.42 Å². The van der Waals surface area contributed by atoms with E-state index in [0.29, 0.717) is 6.29 Å². The van der Waals surface area contributed by atoms with E-state index in [1.165, 1.54) is 0 Å². The van der Waals surface area contributed by atoms with E-state index in [2.05, 4.69) is 4.52 Å². The maximum absolute atomic E-state index is 9.75. The summed E-state index contributed by atoms with van der Waals surface area (Å²) < 4.78 is 13.5. The Bertz CT molecular complexity index is 131. The molecule has 1 unspecified atom stereocenters. The van der Waals surface area contributed by atoms with E-state index in [1.807, 2.05) is 0 Å². The van der Waals surface area contributed by atoms with Crippen molar-refractivity contribution in [2.24, 2.45) is 0 Å². The molecule has 0 heterocycles. The van der Waals surface area contributed by atoms with Gasteiger partial charge >= 0.3 is 29.6 Å². The van der Waals surface area contributed by atoms with Crippen LogP contribution >= 0.6 is 7.82 Å². The topological polar surface area (TPSA) is 86.7 Å². The first kappa shape index (κ1) is 13.4. The summed E-state index contributed by atoms with van der Waals surface area (Å²) in [6.45, 7) is -0.291. The molecule has 0 aromatic carbocycles. The van der Waals surface area contributed by atoms with E-state index in [4.69, 9.17) is 4.89 Å². The van der Waals surface area contributed by atoms with Crippen molar-refractivity contribution in [1.82, 2.24) is 0 Å². The minimum atomic E-state index is -4.60. The largest absolute Gasteiger partial charge is 1.00 e. The SMILES string of the molecule is O=CCCOP(=O)([O-])O.[Na+]. The third kappa shape index (κ3) is 11.6. The van der Waals surface area contributed by atoms with Gasteiger partial charge in [0, 0.05) is 6.42 Å². The number of rotatable bonds is 4. The summed E-state index contributed by atoms with van der Waals surface area (Å²) in [4.78, 5) is 27.2. The summed E-state index contributed by atoms with van der Waals surface area (Å²) in [6.07, 6.45) is 0.461. The molecular formula is C3H6NaO5P. The van der Waals surface area contributed by atoms with Gasteiger partial charge in [-0.1, -0.05) is 0 Å². The average molecular weight is 176 g/mol. The van der Waals surface area contributed by atoms with Crippen LogP contribution in [0.25, 0.3) is 0 Å². The van der Waals surface area contributed by atoms with Crippen LogP contribution in [-0.4, -0.2) is 17.8 Å². The third-order valence-electron chi connectivity index (χ3n) is 0.490. The molecule has 0 bridgehead atoms. The third-order valence-corrected chi connectivity index (χ3v) is 0.999. The molecule has 0 rings (SSSR count). The van der Waals surface area contributed by atoms with E-state index in [9.17, 15) is 14.3 Å². The van der Waals surface area contributed by atoms with Crippen LogP contribution in [0.1, 0.15) is 6.42 Å². The Kier molecular flexibility index (Phi) is 8.68. The van der Waals surface area contributed by atoms with Crippen molar-refractivity contribution >= 4 is 14.1 Å². The van der Waals surface area contributed by atoms with Gasteiger partial charge < -0.3 is 19.1 Å². The summed E-state index contributed by atoms with van der Waals surface area (Å²) >= 11 is 0. The maximum atomic E-state index is 9.75. The van der Waals surface area contributed by atoms with Gasteiger partial charge in [-0.2, -0.15) is 0 Å². The standard InChI is InChI=1S/C3H7O5P.Na/c4-2-1-3-8-9(5,6)7;/h2H,1,3H2,(H2,5,6,7);/q;+1/p-1. The van der Waals surface area contributed by atoms with Gasteiger partial charge in [-0.15, -0.1) is 0 Å². The molecule has 54 valence electrons. The van der Waals surface area contributed by atoms with Gasteiger partial charge in [0.2, 0.25) is 0 Å². The molecule has 5 nitrogen and oxygen atoms in total. The van der Waals surface area contributed by atoms with Crippen LogP contribution < -0.4 is 34.5 Å². The van der Waals surface area contributed by atoms with E-state index >= 15 is 0 Å². The number of phosphoric ester groups is 1. The molecule has 0 aromatic rings. The summed E-state index contributed by atoms with van der Waals surface area (Å²) in [5.41, 5.74) is 0. The number of carbonyl (C=O) groups is 1. The van der Waals surface area contributed by atoms with Gasteiger partial charge in [-0.05, 0) is 0 Å². The molecule has 0 spiro atoms. The van der Waals surface area contributed by atoms with Crippen molar-refractivity contribution in [3.63, 3.8) is 0 Å². The summed E-state index contributed by atoms with van der Waals surface area (Å²) in [6, 6.07) is 0.